The van der Waals surface area contributed by atoms with Crippen LogP contribution in [-0.2, 0) is 19.4 Å². The van der Waals surface area contributed by atoms with E-state index in [0.29, 0.717) is 22.3 Å². The van der Waals surface area contributed by atoms with Crippen molar-refractivity contribution < 1.29 is 9.50 Å². The highest BCUT2D eigenvalue weighted by atomic mass is 79.9. The molecular formula is C11H11BrFN3OS. The summed E-state index contributed by atoms with van der Waals surface area (Å²) >= 11 is 4.69. The summed E-state index contributed by atoms with van der Waals surface area (Å²) in [6.45, 7) is -0.157. The van der Waals surface area contributed by atoms with Gasteiger partial charge < -0.3 is 9.67 Å². The fraction of sp³-hybridized carbons (Fsp3) is 0.273. The van der Waals surface area contributed by atoms with Gasteiger partial charge in [-0.2, -0.15) is 0 Å². The number of thioether (sulfide) groups is 1. The van der Waals surface area contributed by atoms with Gasteiger partial charge in [0.2, 0.25) is 0 Å². The van der Waals surface area contributed by atoms with Crippen LogP contribution in [0, 0.1) is 5.82 Å². The van der Waals surface area contributed by atoms with Crippen LogP contribution in [0.1, 0.15) is 11.4 Å². The number of aliphatic hydroxyl groups is 1. The minimum absolute atomic E-state index is 0.157. The first-order valence-electron chi connectivity index (χ1n) is 5.17. The number of rotatable bonds is 4. The lowest BCUT2D eigenvalue weighted by atomic mass is 10.2. The average Bonchev–Trinajstić information content (AvgIpc) is 2.71. The molecule has 96 valence electrons. The molecule has 1 N–H and O–H groups in total. The van der Waals surface area contributed by atoms with Crippen LogP contribution in [0.2, 0.25) is 0 Å². The summed E-state index contributed by atoms with van der Waals surface area (Å²) in [5, 5.41) is 17.4. The number of hydrogen-bond donors (Lipinski definition) is 1. The lowest BCUT2D eigenvalue weighted by molar-refractivity contribution is 0.266. The maximum absolute atomic E-state index is 13.5. The molecule has 0 bridgehead atoms. The van der Waals surface area contributed by atoms with Crippen LogP contribution in [0.5, 0.6) is 0 Å². The normalized spacial score (nSPS) is 10.9. The summed E-state index contributed by atoms with van der Waals surface area (Å²) in [5.74, 6) is 0.713. The van der Waals surface area contributed by atoms with Crippen LogP contribution in [0.3, 0.4) is 0 Å². The largest absolute Gasteiger partial charge is 0.388 e. The second-order valence-electron chi connectivity index (χ2n) is 3.64. The van der Waals surface area contributed by atoms with E-state index in [-0.39, 0.29) is 12.4 Å². The van der Waals surface area contributed by atoms with Gasteiger partial charge in [0.05, 0.1) is 0 Å². The van der Waals surface area contributed by atoms with Crippen molar-refractivity contribution in [3.8, 4) is 0 Å². The van der Waals surface area contributed by atoms with Crippen molar-refractivity contribution in [2.75, 3.05) is 0 Å². The molecule has 1 aromatic carbocycles. The number of aromatic nitrogens is 3. The minimum Gasteiger partial charge on any atom is -0.388 e. The molecule has 0 aliphatic heterocycles. The standard InChI is InChI=1S/C11H11BrFN3OS/c1-16-10(5-17)14-15-11(16)18-6-7-4-8(12)2-3-9(7)13/h2-4,17H,5-6H2,1H3. The molecule has 0 aliphatic carbocycles. The van der Waals surface area contributed by atoms with Crippen LogP contribution in [-0.4, -0.2) is 19.9 Å². The van der Waals surface area contributed by atoms with Gasteiger partial charge in [0.25, 0.3) is 0 Å². The van der Waals surface area contributed by atoms with Crippen molar-refractivity contribution in [1.82, 2.24) is 14.8 Å². The van der Waals surface area contributed by atoms with E-state index in [1.165, 1.54) is 17.8 Å². The molecule has 4 nitrogen and oxygen atoms in total. The second-order valence-corrected chi connectivity index (χ2v) is 5.50. The highest BCUT2D eigenvalue weighted by Gasteiger charge is 2.10. The quantitative estimate of drug-likeness (QED) is 0.874. The molecule has 2 aromatic rings. The monoisotopic (exact) mass is 331 g/mol. The molecule has 0 unspecified atom stereocenters. The van der Waals surface area contributed by atoms with Gasteiger partial charge in [0.15, 0.2) is 11.0 Å². The topological polar surface area (TPSA) is 50.9 Å². The third kappa shape index (κ3) is 2.90. The van der Waals surface area contributed by atoms with Crippen molar-refractivity contribution in [3.63, 3.8) is 0 Å². The van der Waals surface area contributed by atoms with E-state index < -0.39 is 0 Å². The molecule has 1 aromatic heterocycles. The van der Waals surface area contributed by atoms with Crippen molar-refractivity contribution >= 4 is 27.7 Å². The van der Waals surface area contributed by atoms with E-state index in [4.69, 9.17) is 5.11 Å². The zero-order valence-corrected chi connectivity index (χ0v) is 12.0. The molecular weight excluding hydrogens is 321 g/mol. The van der Waals surface area contributed by atoms with Gasteiger partial charge in [-0.05, 0) is 23.8 Å². The van der Waals surface area contributed by atoms with Gasteiger partial charge >= 0.3 is 0 Å². The molecule has 0 saturated heterocycles. The van der Waals surface area contributed by atoms with Crippen molar-refractivity contribution in [2.24, 2.45) is 7.05 Å². The molecule has 0 fully saturated rings. The number of benzene rings is 1. The number of aliphatic hydroxyl groups excluding tert-OH is 1. The smallest absolute Gasteiger partial charge is 0.191 e. The highest BCUT2D eigenvalue weighted by Crippen LogP contribution is 2.24. The lowest BCUT2D eigenvalue weighted by Crippen LogP contribution is -1.98. The van der Waals surface area contributed by atoms with E-state index in [2.05, 4.69) is 26.1 Å². The third-order valence-corrected chi connectivity index (χ3v) is 3.99. The number of nitrogens with zero attached hydrogens (tertiary/aromatic N) is 3. The highest BCUT2D eigenvalue weighted by molar-refractivity contribution is 9.10. The van der Waals surface area contributed by atoms with Gasteiger partial charge in [-0.15, -0.1) is 10.2 Å². The Bertz CT molecular complexity index is 561. The van der Waals surface area contributed by atoms with E-state index in [1.807, 2.05) is 0 Å². The van der Waals surface area contributed by atoms with Crippen molar-refractivity contribution in [2.45, 2.75) is 17.5 Å². The van der Waals surface area contributed by atoms with Gasteiger partial charge in [0, 0.05) is 17.3 Å². The zero-order chi connectivity index (χ0) is 13.1. The molecule has 7 heteroatoms. The number of halogens is 2. The maximum Gasteiger partial charge on any atom is 0.191 e. The van der Waals surface area contributed by atoms with Crippen molar-refractivity contribution in [1.29, 1.82) is 0 Å². The predicted octanol–water partition coefficient (Wildman–Crippen LogP) is 2.50. The molecule has 18 heavy (non-hydrogen) atoms. The lowest BCUT2D eigenvalue weighted by Gasteiger charge is -2.04. The van der Waals surface area contributed by atoms with E-state index >= 15 is 0 Å². The molecule has 0 aliphatic rings. The van der Waals surface area contributed by atoms with Crippen LogP contribution >= 0.6 is 27.7 Å². The predicted molar refractivity (Wildman–Crippen MR) is 70.6 cm³/mol. The van der Waals surface area contributed by atoms with Crippen LogP contribution in [0.15, 0.2) is 27.8 Å². The molecule has 0 spiro atoms. The fourth-order valence-corrected chi connectivity index (χ4v) is 2.72. The summed E-state index contributed by atoms with van der Waals surface area (Å²) in [4.78, 5) is 0. The van der Waals surface area contributed by atoms with E-state index in [0.717, 1.165) is 4.47 Å². The van der Waals surface area contributed by atoms with Gasteiger partial charge in [0.1, 0.15) is 12.4 Å². The Balaban J connectivity index is 2.11. The van der Waals surface area contributed by atoms with Crippen molar-refractivity contribution in [3.05, 3.63) is 39.9 Å². The SMILES string of the molecule is Cn1c(CO)nnc1SCc1cc(Br)ccc1F. The van der Waals surface area contributed by atoms with Gasteiger partial charge in [-0.1, -0.05) is 27.7 Å². The second kappa shape index (κ2) is 5.81. The van der Waals surface area contributed by atoms with Crippen LogP contribution in [0.4, 0.5) is 4.39 Å². The molecule has 1 heterocycles. The van der Waals surface area contributed by atoms with E-state index in [1.54, 1.807) is 23.7 Å². The Labute approximate surface area is 116 Å². The minimum atomic E-state index is -0.241. The van der Waals surface area contributed by atoms with Crippen LogP contribution < -0.4 is 0 Å². The summed E-state index contributed by atoms with van der Waals surface area (Å²) < 4.78 is 16.1. The van der Waals surface area contributed by atoms with Gasteiger partial charge in [-0.25, -0.2) is 4.39 Å². The summed E-state index contributed by atoms with van der Waals surface area (Å²) in [7, 11) is 1.77. The molecule has 0 saturated carbocycles. The molecule has 2 rings (SSSR count). The van der Waals surface area contributed by atoms with Gasteiger partial charge in [-0.3, -0.25) is 0 Å². The summed E-state index contributed by atoms with van der Waals surface area (Å²) in [5.41, 5.74) is 0.600. The Morgan fingerprint density at radius 1 is 1.44 bits per heavy atom. The summed E-state index contributed by atoms with van der Waals surface area (Å²) in [6, 6.07) is 4.83. The first-order valence-corrected chi connectivity index (χ1v) is 6.95. The molecule has 0 amide bonds. The zero-order valence-electron chi connectivity index (χ0n) is 9.60. The Morgan fingerprint density at radius 2 is 2.22 bits per heavy atom. The molecule has 0 atom stereocenters. The maximum atomic E-state index is 13.5. The van der Waals surface area contributed by atoms with E-state index in [9.17, 15) is 4.39 Å². The first kappa shape index (κ1) is 13.5. The Morgan fingerprint density at radius 3 is 2.89 bits per heavy atom. The molecule has 0 radical (unpaired) electrons. The fourth-order valence-electron chi connectivity index (χ4n) is 1.40. The first-order chi connectivity index (χ1) is 8.61. The average molecular weight is 332 g/mol. The number of hydrogen-bond acceptors (Lipinski definition) is 4. The third-order valence-electron chi connectivity index (χ3n) is 2.43. The Hall–Kier alpha value is -0.920. The Kier molecular flexibility index (Phi) is 4.36. The van der Waals surface area contributed by atoms with Crippen LogP contribution in [0.25, 0.3) is 0 Å². The summed E-state index contributed by atoms with van der Waals surface area (Å²) in [6.07, 6.45) is 0.